The number of aromatic nitrogens is 4. The highest BCUT2D eigenvalue weighted by Crippen LogP contribution is 2.24. The third kappa shape index (κ3) is 3.83. The van der Waals surface area contributed by atoms with Crippen molar-refractivity contribution in [3.05, 3.63) is 53.6 Å². The molecule has 0 saturated carbocycles. The number of hydrogen-bond donors (Lipinski definition) is 0. The zero-order valence-corrected chi connectivity index (χ0v) is 16.3. The lowest BCUT2D eigenvalue weighted by Gasteiger charge is -2.18. The van der Waals surface area contributed by atoms with Gasteiger partial charge in [0.1, 0.15) is 6.33 Å². The van der Waals surface area contributed by atoms with Crippen molar-refractivity contribution in [2.24, 2.45) is 5.92 Å². The van der Waals surface area contributed by atoms with Crippen LogP contribution in [0.25, 0.3) is 5.78 Å². The first-order valence-electron chi connectivity index (χ1n) is 9.73. The highest BCUT2D eigenvalue weighted by atomic mass is 16.5. The summed E-state index contributed by atoms with van der Waals surface area (Å²) in [6.07, 6.45) is 3.49. The average Bonchev–Trinajstić information content (AvgIpc) is 3.36. The van der Waals surface area contributed by atoms with E-state index in [1.54, 1.807) is 4.52 Å². The van der Waals surface area contributed by atoms with Gasteiger partial charge in [-0.3, -0.25) is 4.79 Å². The fourth-order valence-corrected chi connectivity index (χ4v) is 3.87. The zero-order valence-electron chi connectivity index (χ0n) is 16.3. The summed E-state index contributed by atoms with van der Waals surface area (Å²) in [6.45, 7) is 6.35. The largest absolute Gasteiger partial charge is 0.465 e. The first kappa shape index (κ1) is 18.4. The van der Waals surface area contributed by atoms with Crippen LogP contribution in [0.4, 0.5) is 5.69 Å². The number of nitrogens with zero attached hydrogens (tertiary/aromatic N) is 5. The van der Waals surface area contributed by atoms with Crippen LogP contribution >= 0.6 is 0 Å². The minimum Gasteiger partial charge on any atom is -0.465 e. The SMILES string of the molecule is Cc1nc2ncnn2c(C)c1CCC(=O)OCC1CCN(c2ccccc2)C1. The molecule has 3 aromatic rings. The maximum absolute atomic E-state index is 12.3. The van der Waals surface area contributed by atoms with Crippen LogP contribution < -0.4 is 4.90 Å². The van der Waals surface area contributed by atoms with Gasteiger partial charge >= 0.3 is 5.97 Å². The maximum atomic E-state index is 12.3. The van der Waals surface area contributed by atoms with Gasteiger partial charge in [0.2, 0.25) is 0 Å². The number of carbonyl (C=O) groups is 1. The molecule has 4 rings (SSSR count). The van der Waals surface area contributed by atoms with Gasteiger partial charge in [-0.15, -0.1) is 0 Å². The summed E-state index contributed by atoms with van der Waals surface area (Å²) < 4.78 is 7.28. The molecule has 1 aliphatic heterocycles. The molecular formula is C21H25N5O2. The van der Waals surface area contributed by atoms with E-state index in [4.69, 9.17) is 4.74 Å². The van der Waals surface area contributed by atoms with Gasteiger partial charge in [-0.1, -0.05) is 18.2 Å². The number of aryl methyl sites for hydroxylation is 2. The molecule has 2 aromatic heterocycles. The van der Waals surface area contributed by atoms with Crippen molar-refractivity contribution < 1.29 is 9.53 Å². The van der Waals surface area contributed by atoms with Gasteiger partial charge in [-0.25, -0.2) is 9.50 Å². The molecule has 0 aliphatic carbocycles. The van der Waals surface area contributed by atoms with E-state index in [9.17, 15) is 4.79 Å². The number of benzene rings is 1. The first-order chi connectivity index (χ1) is 13.6. The lowest BCUT2D eigenvalue weighted by atomic mass is 10.1. The van der Waals surface area contributed by atoms with Crippen molar-refractivity contribution >= 4 is 17.4 Å². The fraction of sp³-hybridized carbons (Fsp3) is 0.429. The van der Waals surface area contributed by atoms with E-state index in [1.165, 1.54) is 12.0 Å². The van der Waals surface area contributed by atoms with E-state index >= 15 is 0 Å². The molecule has 3 heterocycles. The highest BCUT2D eigenvalue weighted by molar-refractivity contribution is 5.69. The molecule has 1 saturated heterocycles. The van der Waals surface area contributed by atoms with E-state index in [0.29, 0.717) is 31.1 Å². The molecule has 7 nitrogen and oxygen atoms in total. The quantitative estimate of drug-likeness (QED) is 0.613. The van der Waals surface area contributed by atoms with Crippen LogP contribution in [-0.2, 0) is 16.0 Å². The molecule has 28 heavy (non-hydrogen) atoms. The van der Waals surface area contributed by atoms with Crippen LogP contribution in [0.3, 0.4) is 0 Å². The summed E-state index contributed by atoms with van der Waals surface area (Å²) in [5, 5.41) is 4.19. The van der Waals surface area contributed by atoms with Gasteiger partial charge in [0, 0.05) is 42.5 Å². The van der Waals surface area contributed by atoms with Crippen LogP contribution in [0, 0.1) is 19.8 Å². The van der Waals surface area contributed by atoms with Crippen molar-refractivity contribution in [1.82, 2.24) is 19.6 Å². The predicted molar refractivity (Wildman–Crippen MR) is 106 cm³/mol. The number of para-hydroxylation sites is 1. The predicted octanol–water partition coefficient (Wildman–Crippen LogP) is 2.74. The summed E-state index contributed by atoms with van der Waals surface area (Å²) >= 11 is 0. The summed E-state index contributed by atoms with van der Waals surface area (Å²) in [4.78, 5) is 23.2. The smallest absolute Gasteiger partial charge is 0.306 e. The lowest BCUT2D eigenvalue weighted by Crippen LogP contribution is -2.22. The lowest BCUT2D eigenvalue weighted by molar-refractivity contribution is -0.144. The minimum absolute atomic E-state index is 0.157. The topological polar surface area (TPSA) is 72.6 Å². The van der Waals surface area contributed by atoms with Gasteiger partial charge in [0.25, 0.3) is 5.78 Å². The monoisotopic (exact) mass is 379 g/mol. The number of anilines is 1. The van der Waals surface area contributed by atoms with Gasteiger partial charge in [0.05, 0.1) is 6.61 Å². The van der Waals surface area contributed by atoms with Crippen molar-refractivity contribution in [2.75, 3.05) is 24.6 Å². The minimum atomic E-state index is -0.157. The van der Waals surface area contributed by atoms with E-state index in [2.05, 4.69) is 44.2 Å². The number of hydrogen-bond acceptors (Lipinski definition) is 6. The van der Waals surface area contributed by atoms with Gasteiger partial charge in [-0.05, 0) is 44.4 Å². The molecule has 146 valence electrons. The number of carbonyl (C=O) groups excluding carboxylic acids is 1. The first-order valence-corrected chi connectivity index (χ1v) is 9.73. The van der Waals surface area contributed by atoms with Crippen LogP contribution in [-0.4, -0.2) is 45.2 Å². The van der Waals surface area contributed by atoms with Crippen molar-refractivity contribution in [1.29, 1.82) is 0 Å². The highest BCUT2D eigenvalue weighted by Gasteiger charge is 2.24. The third-order valence-electron chi connectivity index (χ3n) is 5.45. The molecule has 0 spiro atoms. The van der Waals surface area contributed by atoms with E-state index < -0.39 is 0 Å². The normalized spacial score (nSPS) is 16.6. The summed E-state index contributed by atoms with van der Waals surface area (Å²) in [5.74, 6) is 0.821. The molecular weight excluding hydrogens is 354 g/mol. The van der Waals surface area contributed by atoms with Crippen molar-refractivity contribution in [3.63, 3.8) is 0 Å². The zero-order chi connectivity index (χ0) is 19.5. The molecule has 0 amide bonds. The Labute approximate surface area is 164 Å². The second-order valence-corrected chi connectivity index (χ2v) is 7.35. The average molecular weight is 379 g/mol. The Balaban J connectivity index is 1.28. The van der Waals surface area contributed by atoms with Gasteiger partial charge in [-0.2, -0.15) is 10.1 Å². The summed E-state index contributed by atoms with van der Waals surface area (Å²) in [5.41, 5.74) is 4.13. The molecule has 0 radical (unpaired) electrons. The number of fused-ring (bicyclic) bond motifs is 1. The Morgan fingerprint density at radius 1 is 1.25 bits per heavy atom. The Morgan fingerprint density at radius 3 is 2.89 bits per heavy atom. The molecule has 1 unspecified atom stereocenters. The molecule has 7 heteroatoms. The van der Waals surface area contributed by atoms with E-state index in [-0.39, 0.29) is 5.97 Å². The van der Waals surface area contributed by atoms with E-state index in [1.807, 2.05) is 19.9 Å². The standard InChI is InChI=1S/C21H25N5O2/c1-15-19(16(2)26-21(24-15)22-14-23-26)8-9-20(27)28-13-17-10-11-25(12-17)18-6-4-3-5-7-18/h3-7,14,17H,8-13H2,1-2H3. The summed E-state index contributed by atoms with van der Waals surface area (Å²) in [7, 11) is 0. The molecule has 1 atom stereocenters. The van der Waals surface area contributed by atoms with Crippen molar-refractivity contribution in [3.8, 4) is 0 Å². The van der Waals surface area contributed by atoms with Gasteiger partial charge in [0.15, 0.2) is 0 Å². The Bertz CT molecular complexity index is 970. The maximum Gasteiger partial charge on any atom is 0.306 e. The molecule has 1 fully saturated rings. The second kappa shape index (κ2) is 7.96. The Morgan fingerprint density at radius 2 is 2.07 bits per heavy atom. The van der Waals surface area contributed by atoms with Crippen LogP contribution in [0.5, 0.6) is 0 Å². The molecule has 1 aromatic carbocycles. The molecule has 1 aliphatic rings. The molecule has 0 N–H and O–H groups in total. The van der Waals surface area contributed by atoms with E-state index in [0.717, 1.165) is 36.5 Å². The Kier molecular flexibility index (Phi) is 5.23. The van der Waals surface area contributed by atoms with Crippen molar-refractivity contribution in [2.45, 2.75) is 33.1 Å². The summed E-state index contributed by atoms with van der Waals surface area (Å²) in [6, 6.07) is 10.4. The fourth-order valence-electron chi connectivity index (χ4n) is 3.87. The van der Waals surface area contributed by atoms with Crippen LogP contribution in [0.15, 0.2) is 36.7 Å². The Hall–Kier alpha value is -2.96. The van der Waals surface area contributed by atoms with Gasteiger partial charge < -0.3 is 9.64 Å². The third-order valence-corrected chi connectivity index (χ3v) is 5.45. The van der Waals surface area contributed by atoms with Crippen LogP contribution in [0.1, 0.15) is 29.8 Å². The molecule has 0 bridgehead atoms. The number of ether oxygens (including phenoxy) is 1. The second-order valence-electron chi connectivity index (χ2n) is 7.35. The van der Waals surface area contributed by atoms with Crippen LogP contribution in [0.2, 0.25) is 0 Å². The number of esters is 1. The number of rotatable bonds is 6.